The Kier molecular flexibility index (Phi) is 5.61. The fourth-order valence-electron chi connectivity index (χ4n) is 1.44. The molecule has 16 heavy (non-hydrogen) atoms. The first-order valence-electron chi connectivity index (χ1n) is 5.83. The molecule has 0 aromatic heterocycles. The van der Waals surface area contributed by atoms with Crippen molar-refractivity contribution in [3.05, 3.63) is 35.4 Å². The first-order chi connectivity index (χ1) is 7.63. The molecule has 0 saturated heterocycles. The Hall–Kier alpha value is -0.760. The van der Waals surface area contributed by atoms with Crippen LogP contribution in [-0.4, -0.2) is 17.3 Å². The van der Waals surface area contributed by atoms with Gasteiger partial charge in [0.15, 0.2) is 5.78 Å². The zero-order valence-electron chi connectivity index (χ0n) is 10.3. The number of ketones is 1. The number of aryl methyl sites for hydroxylation is 1. The van der Waals surface area contributed by atoms with Crippen LogP contribution in [0.1, 0.15) is 36.7 Å². The van der Waals surface area contributed by atoms with Gasteiger partial charge in [0.1, 0.15) is 0 Å². The van der Waals surface area contributed by atoms with Crippen LogP contribution in [0.2, 0.25) is 0 Å². The van der Waals surface area contributed by atoms with Crippen molar-refractivity contribution in [3.63, 3.8) is 0 Å². The average molecular weight is 236 g/mol. The molecule has 0 atom stereocenters. The number of benzene rings is 1. The van der Waals surface area contributed by atoms with Crippen molar-refractivity contribution in [2.75, 3.05) is 11.5 Å². The number of carbonyl (C=O) groups is 1. The second kappa shape index (κ2) is 6.74. The Morgan fingerprint density at radius 3 is 2.75 bits per heavy atom. The van der Waals surface area contributed by atoms with Crippen LogP contribution >= 0.6 is 11.8 Å². The topological polar surface area (TPSA) is 17.1 Å². The van der Waals surface area contributed by atoms with E-state index in [0.29, 0.717) is 11.7 Å². The molecule has 0 aliphatic rings. The van der Waals surface area contributed by atoms with E-state index in [4.69, 9.17) is 0 Å². The van der Waals surface area contributed by atoms with Crippen molar-refractivity contribution < 1.29 is 4.79 Å². The zero-order valence-corrected chi connectivity index (χ0v) is 11.1. The molecule has 1 aromatic carbocycles. The van der Waals surface area contributed by atoms with Crippen LogP contribution in [0.4, 0.5) is 0 Å². The minimum atomic E-state index is 0.251. The van der Waals surface area contributed by atoms with Gasteiger partial charge in [-0.05, 0) is 29.7 Å². The largest absolute Gasteiger partial charge is 0.293 e. The Morgan fingerprint density at radius 1 is 1.38 bits per heavy atom. The van der Waals surface area contributed by atoms with Crippen LogP contribution < -0.4 is 0 Å². The molecule has 0 spiro atoms. The van der Waals surface area contributed by atoms with E-state index in [1.54, 1.807) is 11.8 Å². The zero-order chi connectivity index (χ0) is 12.0. The van der Waals surface area contributed by atoms with E-state index < -0.39 is 0 Å². The molecule has 0 fully saturated rings. The van der Waals surface area contributed by atoms with E-state index >= 15 is 0 Å². The van der Waals surface area contributed by atoms with E-state index in [-0.39, 0.29) is 5.78 Å². The molecule has 1 rings (SSSR count). The van der Waals surface area contributed by atoms with Gasteiger partial charge >= 0.3 is 0 Å². The molecule has 0 heterocycles. The third-order valence-corrected chi connectivity index (χ3v) is 3.71. The molecule has 0 aliphatic heterocycles. The average Bonchev–Trinajstić information content (AvgIpc) is 2.28. The molecule has 0 radical (unpaired) electrons. The lowest BCUT2D eigenvalue weighted by Crippen LogP contribution is -2.05. The summed E-state index contributed by atoms with van der Waals surface area (Å²) >= 11 is 1.73. The maximum absolute atomic E-state index is 11.9. The molecular formula is C14H20OS. The third-order valence-electron chi connectivity index (χ3n) is 2.34. The lowest BCUT2D eigenvalue weighted by molar-refractivity contribution is 0.102. The predicted octanol–water partition coefficient (Wildman–Crippen LogP) is 3.82. The van der Waals surface area contributed by atoms with E-state index in [1.165, 1.54) is 5.56 Å². The third kappa shape index (κ3) is 4.40. The molecular weight excluding hydrogens is 216 g/mol. The van der Waals surface area contributed by atoms with Gasteiger partial charge in [0.2, 0.25) is 0 Å². The minimum Gasteiger partial charge on any atom is -0.293 e. The summed E-state index contributed by atoms with van der Waals surface area (Å²) in [4.78, 5) is 11.9. The van der Waals surface area contributed by atoms with Crippen molar-refractivity contribution >= 4 is 17.5 Å². The summed E-state index contributed by atoms with van der Waals surface area (Å²) in [5.74, 6) is 2.56. The number of thioether (sulfide) groups is 1. The highest BCUT2D eigenvalue weighted by Gasteiger charge is 2.06. The fraction of sp³-hybridized carbons (Fsp3) is 0.500. The van der Waals surface area contributed by atoms with Gasteiger partial charge in [-0.15, -0.1) is 0 Å². The normalized spacial score (nSPS) is 10.8. The molecule has 0 bridgehead atoms. The lowest BCUT2D eigenvalue weighted by Gasteiger charge is -2.05. The molecule has 2 heteroatoms. The molecule has 1 nitrogen and oxygen atoms in total. The summed E-state index contributed by atoms with van der Waals surface area (Å²) in [5, 5.41) is 0. The summed E-state index contributed by atoms with van der Waals surface area (Å²) in [5.41, 5.74) is 2.09. The molecule has 1 aromatic rings. The standard InChI is InChI=1S/C14H20OS/c1-4-12-6-5-7-13(8-12)14(15)10-16-9-11(2)3/h5-8,11H,4,9-10H2,1-3H3. The Labute approximate surface area is 103 Å². The number of carbonyl (C=O) groups excluding carboxylic acids is 1. The van der Waals surface area contributed by atoms with Crippen LogP contribution in [0.15, 0.2) is 24.3 Å². The first-order valence-corrected chi connectivity index (χ1v) is 6.98. The van der Waals surface area contributed by atoms with Crippen LogP contribution in [0.3, 0.4) is 0 Å². The van der Waals surface area contributed by atoms with Crippen LogP contribution in [-0.2, 0) is 6.42 Å². The van der Waals surface area contributed by atoms with Crippen LogP contribution in [0, 0.1) is 5.92 Å². The lowest BCUT2D eigenvalue weighted by atomic mass is 10.1. The SMILES string of the molecule is CCc1cccc(C(=O)CSCC(C)C)c1. The summed E-state index contributed by atoms with van der Waals surface area (Å²) in [6.07, 6.45) is 0.986. The smallest absolute Gasteiger partial charge is 0.172 e. The van der Waals surface area contributed by atoms with Crippen LogP contribution in [0.5, 0.6) is 0 Å². The molecule has 0 amide bonds. The Bertz CT molecular complexity index is 344. The minimum absolute atomic E-state index is 0.251. The van der Waals surface area contributed by atoms with E-state index in [0.717, 1.165) is 17.7 Å². The van der Waals surface area contributed by atoms with E-state index in [2.05, 4.69) is 26.8 Å². The summed E-state index contributed by atoms with van der Waals surface area (Å²) in [7, 11) is 0. The van der Waals surface area contributed by atoms with Gasteiger partial charge in [-0.3, -0.25) is 4.79 Å². The van der Waals surface area contributed by atoms with Gasteiger partial charge < -0.3 is 0 Å². The molecule has 0 N–H and O–H groups in total. The number of Topliss-reactive ketones (excluding diaryl/α,β-unsaturated/α-hetero) is 1. The number of hydrogen-bond donors (Lipinski definition) is 0. The highest BCUT2D eigenvalue weighted by atomic mass is 32.2. The van der Waals surface area contributed by atoms with Gasteiger partial charge in [0, 0.05) is 5.56 Å². The molecule has 0 unspecified atom stereocenters. The van der Waals surface area contributed by atoms with Crippen molar-refractivity contribution in [2.45, 2.75) is 27.2 Å². The second-order valence-corrected chi connectivity index (χ2v) is 5.42. The summed E-state index contributed by atoms with van der Waals surface area (Å²) < 4.78 is 0. The summed E-state index contributed by atoms with van der Waals surface area (Å²) in [6.45, 7) is 6.46. The Balaban J connectivity index is 2.52. The van der Waals surface area contributed by atoms with Gasteiger partial charge in [0.25, 0.3) is 0 Å². The van der Waals surface area contributed by atoms with Gasteiger partial charge in [-0.25, -0.2) is 0 Å². The Morgan fingerprint density at radius 2 is 2.12 bits per heavy atom. The van der Waals surface area contributed by atoms with Crippen molar-refractivity contribution in [1.82, 2.24) is 0 Å². The number of hydrogen-bond acceptors (Lipinski definition) is 2. The number of rotatable bonds is 6. The summed E-state index contributed by atoms with van der Waals surface area (Å²) in [6, 6.07) is 7.97. The van der Waals surface area contributed by atoms with Gasteiger partial charge in [0.05, 0.1) is 5.75 Å². The van der Waals surface area contributed by atoms with Crippen molar-refractivity contribution in [3.8, 4) is 0 Å². The van der Waals surface area contributed by atoms with E-state index in [1.807, 2.05) is 18.2 Å². The molecule has 88 valence electrons. The van der Waals surface area contributed by atoms with Gasteiger partial charge in [-0.1, -0.05) is 39.0 Å². The molecule has 0 aliphatic carbocycles. The highest BCUT2D eigenvalue weighted by molar-refractivity contribution is 7.99. The highest BCUT2D eigenvalue weighted by Crippen LogP contribution is 2.12. The second-order valence-electron chi connectivity index (χ2n) is 4.39. The molecule has 0 saturated carbocycles. The quantitative estimate of drug-likeness (QED) is 0.698. The maximum atomic E-state index is 11.9. The van der Waals surface area contributed by atoms with Gasteiger partial charge in [-0.2, -0.15) is 11.8 Å². The predicted molar refractivity (Wildman–Crippen MR) is 72.3 cm³/mol. The fourth-order valence-corrected chi connectivity index (χ4v) is 2.38. The van der Waals surface area contributed by atoms with Crippen molar-refractivity contribution in [1.29, 1.82) is 0 Å². The monoisotopic (exact) mass is 236 g/mol. The first kappa shape index (κ1) is 13.3. The van der Waals surface area contributed by atoms with Crippen LogP contribution in [0.25, 0.3) is 0 Å². The van der Waals surface area contributed by atoms with Crippen molar-refractivity contribution in [2.24, 2.45) is 5.92 Å². The van der Waals surface area contributed by atoms with E-state index in [9.17, 15) is 4.79 Å². The maximum Gasteiger partial charge on any atom is 0.172 e.